The van der Waals surface area contributed by atoms with Gasteiger partial charge in [-0.1, -0.05) is 0 Å². The largest absolute Gasteiger partial charge is 0.381 e. The molecule has 0 aliphatic carbocycles. The minimum atomic E-state index is -0.110. The van der Waals surface area contributed by atoms with E-state index in [0.29, 0.717) is 31.5 Å². The molecule has 0 unspecified atom stereocenters. The zero-order valence-corrected chi connectivity index (χ0v) is 13.7. The van der Waals surface area contributed by atoms with Crippen LogP contribution in [-0.2, 0) is 19.1 Å². The van der Waals surface area contributed by atoms with Crippen LogP contribution >= 0.6 is 0 Å². The van der Waals surface area contributed by atoms with Crippen molar-refractivity contribution < 1.29 is 19.1 Å². The molecule has 0 aromatic rings. The second kappa shape index (κ2) is 6.06. The lowest BCUT2D eigenvalue weighted by molar-refractivity contribution is -0.192. The van der Waals surface area contributed by atoms with Gasteiger partial charge in [-0.15, -0.1) is 0 Å². The summed E-state index contributed by atoms with van der Waals surface area (Å²) in [7, 11) is 0. The molecule has 4 rings (SSSR count). The predicted octanol–water partition coefficient (Wildman–Crippen LogP) is 0.653. The maximum absolute atomic E-state index is 12.3. The minimum absolute atomic E-state index is 0.0601. The number of carbonyl (C=O) groups is 2. The molecule has 4 saturated heterocycles. The third kappa shape index (κ3) is 2.98. The molecule has 4 fully saturated rings. The lowest BCUT2D eigenvalue weighted by Gasteiger charge is -2.53. The molecular weight excluding hydrogens is 296 g/mol. The van der Waals surface area contributed by atoms with Crippen molar-refractivity contribution in [2.24, 2.45) is 11.8 Å². The van der Waals surface area contributed by atoms with Crippen molar-refractivity contribution in [2.75, 3.05) is 46.0 Å². The molecule has 128 valence electrons. The molecule has 2 amide bonds. The summed E-state index contributed by atoms with van der Waals surface area (Å²) >= 11 is 0. The van der Waals surface area contributed by atoms with E-state index >= 15 is 0 Å². The van der Waals surface area contributed by atoms with Gasteiger partial charge in [0.05, 0.1) is 32.2 Å². The zero-order valence-electron chi connectivity index (χ0n) is 13.7. The van der Waals surface area contributed by atoms with Crippen LogP contribution in [0.1, 0.15) is 32.1 Å². The summed E-state index contributed by atoms with van der Waals surface area (Å²) < 4.78 is 11.4. The van der Waals surface area contributed by atoms with Gasteiger partial charge in [0.1, 0.15) is 5.60 Å². The Morgan fingerprint density at radius 2 is 2.13 bits per heavy atom. The summed E-state index contributed by atoms with van der Waals surface area (Å²) in [6, 6.07) is 0. The summed E-state index contributed by atoms with van der Waals surface area (Å²) in [5.41, 5.74) is -0.110. The van der Waals surface area contributed by atoms with Crippen LogP contribution in [0.5, 0.6) is 0 Å². The van der Waals surface area contributed by atoms with E-state index in [2.05, 4.69) is 0 Å². The van der Waals surface area contributed by atoms with Crippen LogP contribution in [0, 0.1) is 11.8 Å². The fraction of sp³-hybridized carbons (Fsp3) is 0.882. The maximum Gasteiger partial charge on any atom is 0.228 e. The van der Waals surface area contributed by atoms with E-state index in [9.17, 15) is 9.59 Å². The molecule has 0 aromatic carbocycles. The van der Waals surface area contributed by atoms with Crippen LogP contribution < -0.4 is 0 Å². The molecule has 0 aromatic heterocycles. The van der Waals surface area contributed by atoms with Crippen LogP contribution in [0.4, 0.5) is 0 Å². The SMILES string of the molecule is O=C1CCCN1C[C@H]1CCC2(CN(C(=O)[C@H]3CCOC3)C2)OC1. The van der Waals surface area contributed by atoms with Crippen LogP contribution in [0.15, 0.2) is 0 Å². The first kappa shape index (κ1) is 15.4. The topological polar surface area (TPSA) is 59.1 Å². The Morgan fingerprint density at radius 1 is 1.26 bits per heavy atom. The lowest BCUT2D eigenvalue weighted by Crippen LogP contribution is -2.67. The highest BCUT2D eigenvalue weighted by Gasteiger charge is 2.49. The van der Waals surface area contributed by atoms with Gasteiger partial charge in [0.2, 0.25) is 11.8 Å². The van der Waals surface area contributed by atoms with Crippen molar-refractivity contribution >= 4 is 11.8 Å². The molecule has 6 heteroatoms. The van der Waals surface area contributed by atoms with Crippen molar-refractivity contribution in [1.82, 2.24) is 9.80 Å². The summed E-state index contributed by atoms with van der Waals surface area (Å²) in [5, 5.41) is 0. The zero-order chi connectivity index (χ0) is 15.9. The van der Waals surface area contributed by atoms with Gasteiger partial charge >= 0.3 is 0 Å². The van der Waals surface area contributed by atoms with Crippen LogP contribution in [0.3, 0.4) is 0 Å². The molecule has 1 spiro atoms. The maximum atomic E-state index is 12.3. The molecule has 2 atom stereocenters. The molecule has 0 N–H and O–H groups in total. The van der Waals surface area contributed by atoms with E-state index in [4.69, 9.17) is 9.47 Å². The quantitative estimate of drug-likeness (QED) is 0.766. The second-order valence-corrected chi connectivity index (χ2v) is 7.60. The number of amides is 2. The van der Waals surface area contributed by atoms with E-state index in [1.807, 2.05) is 9.80 Å². The molecule has 0 bridgehead atoms. The van der Waals surface area contributed by atoms with Gasteiger partial charge in [-0.2, -0.15) is 0 Å². The van der Waals surface area contributed by atoms with Gasteiger partial charge in [0.25, 0.3) is 0 Å². The highest BCUT2D eigenvalue weighted by atomic mass is 16.5. The van der Waals surface area contributed by atoms with E-state index in [-0.39, 0.29) is 17.4 Å². The Labute approximate surface area is 137 Å². The summed E-state index contributed by atoms with van der Waals surface area (Å²) in [6.07, 6.45) is 4.66. The van der Waals surface area contributed by atoms with Crippen molar-refractivity contribution in [3.8, 4) is 0 Å². The molecule has 4 heterocycles. The van der Waals surface area contributed by atoms with E-state index < -0.39 is 0 Å². The van der Waals surface area contributed by atoms with Crippen LogP contribution in [0.25, 0.3) is 0 Å². The number of rotatable bonds is 3. The third-order valence-electron chi connectivity index (χ3n) is 5.83. The highest BCUT2D eigenvalue weighted by Crippen LogP contribution is 2.37. The molecule has 4 aliphatic rings. The van der Waals surface area contributed by atoms with Gasteiger partial charge in [-0.3, -0.25) is 9.59 Å². The Hall–Kier alpha value is -1.14. The molecular formula is C17H26N2O4. The van der Waals surface area contributed by atoms with Crippen LogP contribution in [-0.4, -0.2) is 73.2 Å². The fourth-order valence-corrected chi connectivity index (χ4v) is 4.31. The first-order valence-electron chi connectivity index (χ1n) is 8.93. The van der Waals surface area contributed by atoms with Crippen molar-refractivity contribution in [1.29, 1.82) is 0 Å². The third-order valence-corrected chi connectivity index (χ3v) is 5.83. The van der Waals surface area contributed by atoms with Crippen molar-refractivity contribution in [2.45, 2.75) is 37.7 Å². The number of nitrogens with zero attached hydrogens (tertiary/aromatic N) is 2. The molecule has 4 aliphatic heterocycles. The number of likely N-dealkylation sites (tertiary alicyclic amines) is 2. The first-order chi connectivity index (χ1) is 11.2. The Bertz CT molecular complexity index is 473. The number of hydrogen-bond acceptors (Lipinski definition) is 4. The van der Waals surface area contributed by atoms with Gasteiger partial charge in [-0.05, 0) is 25.7 Å². The smallest absolute Gasteiger partial charge is 0.228 e. The van der Waals surface area contributed by atoms with Gasteiger partial charge in [0, 0.05) is 32.0 Å². The van der Waals surface area contributed by atoms with E-state index in [1.54, 1.807) is 0 Å². The number of carbonyl (C=O) groups excluding carboxylic acids is 2. The minimum Gasteiger partial charge on any atom is -0.381 e. The van der Waals surface area contributed by atoms with E-state index in [1.165, 1.54) is 0 Å². The van der Waals surface area contributed by atoms with Crippen molar-refractivity contribution in [3.05, 3.63) is 0 Å². The molecule has 6 nitrogen and oxygen atoms in total. The predicted molar refractivity (Wildman–Crippen MR) is 82.7 cm³/mol. The van der Waals surface area contributed by atoms with Crippen LogP contribution in [0.2, 0.25) is 0 Å². The fourth-order valence-electron chi connectivity index (χ4n) is 4.31. The summed E-state index contributed by atoms with van der Waals surface area (Å²) in [4.78, 5) is 28.0. The van der Waals surface area contributed by atoms with Gasteiger partial charge in [-0.25, -0.2) is 0 Å². The van der Waals surface area contributed by atoms with Gasteiger partial charge < -0.3 is 19.3 Å². The Balaban J connectivity index is 1.23. The molecule has 0 radical (unpaired) electrons. The monoisotopic (exact) mass is 322 g/mol. The summed E-state index contributed by atoms with van der Waals surface area (Å²) in [5.74, 6) is 1.05. The Morgan fingerprint density at radius 3 is 2.74 bits per heavy atom. The second-order valence-electron chi connectivity index (χ2n) is 7.60. The lowest BCUT2D eigenvalue weighted by atomic mass is 9.82. The first-order valence-corrected chi connectivity index (χ1v) is 8.93. The standard InChI is InChI=1S/C17H26N2O4/c20-15-2-1-6-18(15)8-13-3-5-17(23-9-13)11-19(12-17)16(21)14-4-7-22-10-14/h13-14H,1-12H2/t13-,14+/m1/s1. The highest BCUT2D eigenvalue weighted by molar-refractivity contribution is 5.80. The average molecular weight is 322 g/mol. The Kier molecular flexibility index (Phi) is 4.05. The van der Waals surface area contributed by atoms with Gasteiger partial charge in [0.15, 0.2) is 0 Å². The number of hydrogen-bond donors (Lipinski definition) is 0. The molecule has 0 saturated carbocycles. The normalized spacial score (nSPS) is 33.3. The summed E-state index contributed by atoms with van der Waals surface area (Å²) in [6.45, 7) is 5.23. The van der Waals surface area contributed by atoms with E-state index in [0.717, 1.165) is 58.5 Å². The molecule has 23 heavy (non-hydrogen) atoms. The van der Waals surface area contributed by atoms with Crippen molar-refractivity contribution in [3.63, 3.8) is 0 Å². The number of ether oxygens (including phenoxy) is 2. The average Bonchev–Trinajstić information content (AvgIpc) is 3.18.